The lowest BCUT2D eigenvalue weighted by molar-refractivity contribution is 0.173. The Bertz CT molecular complexity index is 1440. The highest BCUT2D eigenvalue weighted by Gasteiger charge is 2.22. The minimum atomic E-state index is -0.211. The molecule has 2 heterocycles. The summed E-state index contributed by atoms with van der Waals surface area (Å²) in [6, 6.07) is 26.3. The number of likely N-dealkylation sites (tertiary alicyclic amines) is 1. The Hall–Kier alpha value is -3.77. The van der Waals surface area contributed by atoms with Gasteiger partial charge in [-0.3, -0.25) is 9.80 Å². The van der Waals surface area contributed by atoms with E-state index in [2.05, 4.69) is 71.3 Å². The molecule has 0 amide bonds. The maximum atomic E-state index is 13.4. The van der Waals surface area contributed by atoms with Crippen molar-refractivity contribution in [2.45, 2.75) is 65.1 Å². The lowest BCUT2D eigenvalue weighted by Crippen LogP contribution is -2.33. The Balaban J connectivity index is 1.25. The van der Waals surface area contributed by atoms with Crippen molar-refractivity contribution < 1.29 is 4.39 Å². The number of rotatable bonds is 8. The van der Waals surface area contributed by atoms with Crippen LogP contribution in [0.25, 0.3) is 5.57 Å². The van der Waals surface area contributed by atoms with Crippen LogP contribution >= 0.6 is 0 Å². The Morgan fingerprint density at radius 1 is 0.878 bits per heavy atom. The van der Waals surface area contributed by atoms with Crippen LogP contribution in [0.15, 0.2) is 72.3 Å². The van der Waals surface area contributed by atoms with Crippen LogP contribution in [-0.4, -0.2) is 29.4 Å². The standard InChI is InChI=1S/C36H39FN4/c1-27-5-2-3-6-32(27)25-40-19-16-28(17-20-40)10-15-36(34(22-38)23-39)31-12-11-30-7-4-18-41(26-33(30)21-31)24-29-8-13-35(37)14-9-29/h2-3,5-6,8-9,11-14,21,28H,4,7,10,15-20,24-26H2,1H3. The normalized spacial score (nSPS) is 16.3. The highest BCUT2D eigenvalue weighted by atomic mass is 19.1. The van der Waals surface area contributed by atoms with E-state index in [4.69, 9.17) is 0 Å². The molecule has 1 saturated heterocycles. The van der Waals surface area contributed by atoms with Gasteiger partial charge < -0.3 is 0 Å². The number of hydrogen-bond acceptors (Lipinski definition) is 4. The van der Waals surface area contributed by atoms with E-state index in [1.165, 1.54) is 34.4 Å². The molecule has 0 spiro atoms. The fraction of sp³-hybridized carbons (Fsp3) is 0.389. The van der Waals surface area contributed by atoms with Crippen molar-refractivity contribution in [1.82, 2.24) is 9.80 Å². The molecule has 0 N–H and O–H groups in total. The molecule has 0 saturated carbocycles. The summed E-state index contributed by atoms with van der Waals surface area (Å²) in [5.41, 5.74) is 8.58. The number of halogens is 1. The fourth-order valence-electron chi connectivity index (χ4n) is 6.38. The van der Waals surface area contributed by atoms with Gasteiger partial charge in [0, 0.05) is 19.6 Å². The molecule has 0 aliphatic carbocycles. The molecular weight excluding hydrogens is 507 g/mol. The predicted octanol–water partition coefficient (Wildman–Crippen LogP) is 7.58. The molecule has 0 unspecified atom stereocenters. The monoisotopic (exact) mass is 546 g/mol. The van der Waals surface area contributed by atoms with Crippen molar-refractivity contribution in [1.29, 1.82) is 10.5 Å². The van der Waals surface area contributed by atoms with Gasteiger partial charge in [0.15, 0.2) is 0 Å². The first kappa shape index (κ1) is 28.7. The average molecular weight is 547 g/mol. The molecule has 5 heteroatoms. The minimum absolute atomic E-state index is 0.211. The highest BCUT2D eigenvalue weighted by Crippen LogP contribution is 2.32. The number of aryl methyl sites for hydroxylation is 2. The number of hydrogen-bond donors (Lipinski definition) is 0. The van der Waals surface area contributed by atoms with Gasteiger partial charge >= 0.3 is 0 Å². The van der Waals surface area contributed by atoms with E-state index < -0.39 is 0 Å². The van der Waals surface area contributed by atoms with Crippen molar-refractivity contribution >= 4 is 5.57 Å². The van der Waals surface area contributed by atoms with Gasteiger partial charge in [0.1, 0.15) is 23.5 Å². The average Bonchev–Trinajstić information content (AvgIpc) is 3.19. The van der Waals surface area contributed by atoms with Crippen LogP contribution < -0.4 is 0 Å². The first-order valence-electron chi connectivity index (χ1n) is 14.9. The van der Waals surface area contributed by atoms with Gasteiger partial charge in [0.05, 0.1) is 0 Å². The molecular formula is C36H39FN4. The third-order valence-electron chi connectivity index (χ3n) is 8.88. The zero-order valence-corrected chi connectivity index (χ0v) is 24.1. The van der Waals surface area contributed by atoms with Crippen LogP contribution in [0.2, 0.25) is 0 Å². The van der Waals surface area contributed by atoms with Crippen molar-refractivity contribution in [3.8, 4) is 12.1 Å². The molecule has 5 rings (SSSR count). The Morgan fingerprint density at radius 3 is 2.37 bits per heavy atom. The van der Waals surface area contributed by atoms with E-state index in [0.29, 0.717) is 5.92 Å². The van der Waals surface area contributed by atoms with Crippen LogP contribution in [0.4, 0.5) is 4.39 Å². The first-order valence-corrected chi connectivity index (χ1v) is 14.9. The summed E-state index contributed by atoms with van der Waals surface area (Å²) >= 11 is 0. The van der Waals surface area contributed by atoms with Gasteiger partial charge in [0.2, 0.25) is 0 Å². The third kappa shape index (κ3) is 7.50. The third-order valence-corrected chi connectivity index (χ3v) is 8.88. The van der Waals surface area contributed by atoms with E-state index in [9.17, 15) is 14.9 Å². The second-order valence-electron chi connectivity index (χ2n) is 11.7. The van der Waals surface area contributed by atoms with Crippen LogP contribution in [0, 0.1) is 41.3 Å². The number of allylic oxidation sites excluding steroid dienone is 2. The lowest BCUT2D eigenvalue weighted by Gasteiger charge is -2.32. The molecule has 4 nitrogen and oxygen atoms in total. The second-order valence-corrected chi connectivity index (χ2v) is 11.7. The van der Waals surface area contributed by atoms with Gasteiger partial charge in [-0.2, -0.15) is 10.5 Å². The Labute approximate surface area is 244 Å². The molecule has 1 fully saturated rings. The summed E-state index contributed by atoms with van der Waals surface area (Å²) in [5, 5.41) is 19.7. The molecule has 0 aromatic heterocycles. The summed E-state index contributed by atoms with van der Waals surface area (Å²) in [6.07, 6.45) is 6.12. The molecule has 2 aliphatic heterocycles. The van der Waals surface area contributed by atoms with Crippen LogP contribution in [0.5, 0.6) is 0 Å². The van der Waals surface area contributed by atoms with Gasteiger partial charge in [-0.1, -0.05) is 48.5 Å². The van der Waals surface area contributed by atoms with Gasteiger partial charge in [-0.05, 0) is 128 Å². The fourth-order valence-corrected chi connectivity index (χ4v) is 6.38. The smallest absolute Gasteiger partial charge is 0.133 e. The summed E-state index contributed by atoms with van der Waals surface area (Å²) in [6.45, 7) is 7.93. The maximum absolute atomic E-state index is 13.4. The largest absolute Gasteiger partial charge is 0.299 e. The number of nitrogens with zero attached hydrogens (tertiary/aromatic N) is 4. The lowest BCUT2D eigenvalue weighted by atomic mass is 9.86. The number of piperidine rings is 1. The van der Waals surface area contributed by atoms with Gasteiger partial charge in [-0.15, -0.1) is 0 Å². The minimum Gasteiger partial charge on any atom is -0.299 e. The molecule has 0 bridgehead atoms. The highest BCUT2D eigenvalue weighted by molar-refractivity contribution is 5.75. The molecule has 3 aromatic rings. The van der Waals surface area contributed by atoms with E-state index >= 15 is 0 Å². The quantitative estimate of drug-likeness (QED) is 0.273. The maximum Gasteiger partial charge on any atom is 0.133 e. The number of nitriles is 2. The zero-order valence-electron chi connectivity index (χ0n) is 24.1. The summed E-state index contributed by atoms with van der Waals surface area (Å²) in [4.78, 5) is 4.96. The SMILES string of the molecule is Cc1ccccc1CN1CCC(CCC(=C(C#N)C#N)c2ccc3c(c2)CN(Cc2ccc(F)cc2)CCC3)CC1. The number of fused-ring (bicyclic) bond motifs is 1. The van der Waals surface area contributed by atoms with Gasteiger partial charge in [-0.25, -0.2) is 4.39 Å². The van der Waals surface area contributed by atoms with E-state index in [-0.39, 0.29) is 11.4 Å². The summed E-state index contributed by atoms with van der Waals surface area (Å²) in [5.74, 6) is 0.390. The Morgan fingerprint density at radius 2 is 1.63 bits per heavy atom. The van der Waals surface area contributed by atoms with Crippen LogP contribution in [0.1, 0.15) is 65.5 Å². The van der Waals surface area contributed by atoms with E-state index in [0.717, 1.165) is 94.5 Å². The van der Waals surface area contributed by atoms with Crippen LogP contribution in [-0.2, 0) is 26.1 Å². The summed E-state index contributed by atoms with van der Waals surface area (Å²) < 4.78 is 13.4. The molecule has 41 heavy (non-hydrogen) atoms. The van der Waals surface area contributed by atoms with Crippen molar-refractivity contribution in [2.75, 3.05) is 19.6 Å². The first-order chi connectivity index (χ1) is 20.0. The predicted molar refractivity (Wildman–Crippen MR) is 162 cm³/mol. The second kappa shape index (κ2) is 13.7. The van der Waals surface area contributed by atoms with Gasteiger partial charge in [0.25, 0.3) is 0 Å². The van der Waals surface area contributed by atoms with Crippen molar-refractivity contribution in [3.05, 3.63) is 112 Å². The molecule has 0 radical (unpaired) electrons. The van der Waals surface area contributed by atoms with E-state index in [1.807, 2.05) is 12.1 Å². The van der Waals surface area contributed by atoms with E-state index in [1.54, 1.807) is 0 Å². The van der Waals surface area contributed by atoms with Crippen molar-refractivity contribution in [3.63, 3.8) is 0 Å². The molecule has 2 aliphatic rings. The molecule has 3 aromatic carbocycles. The van der Waals surface area contributed by atoms with Crippen molar-refractivity contribution in [2.24, 2.45) is 5.92 Å². The molecule has 210 valence electrons. The number of benzene rings is 3. The van der Waals surface area contributed by atoms with Crippen LogP contribution in [0.3, 0.4) is 0 Å². The zero-order chi connectivity index (χ0) is 28.6. The topological polar surface area (TPSA) is 54.1 Å². The summed E-state index contributed by atoms with van der Waals surface area (Å²) in [7, 11) is 0. The molecule has 0 atom stereocenters. The Kier molecular flexibility index (Phi) is 9.63.